The first kappa shape index (κ1) is 15.5. The van der Waals surface area contributed by atoms with E-state index in [2.05, 4.69) is 10.3 Å². The lowest BCUT2D eigenvalue weighted by molar-refractivity contribution is -0.384. The molecule has 1 unspecified atom stereocenters. The van der Waals surface area contributed by atoms with Gasteiger partial charge >= 0.3 is 0 Å². The number of nitro groups is 1. The number of nitrogens with zero attached hydrogens (tertiary/aromatic N) is 2. The first-order valence-electron chi connectivity index (χ1n) is 6.80. The Bertz CT molecular complexity index is 809. The summed E-state index contributed by atoms with van der Waals surface area (Å²) < 4.78 is 0. The van der Waals surface area contributed by atoms with Crippen LogP contribution in [0.2, 0.25) is 5.02 Å². The van der Waals surface area contributed by atoms with Crippen molar-refractivity contribution in [1.82, 2.24) is 4.98 Å². The fourth-order valence-electron chi connectivity index (χ4n) is 2.20. The first-order valence-corrected chi connectivity index (χ1v) is 8.06. The molecule has 1 aromatic heterocycles. The Morgan fingerprint density at radius 1 is 1.22 bits per heavy atom. The summed E-state index contributed by atoms with van der Waals surface area (Å²) in [5, 5.41) is 17.2. The number of hydrogen-bond acceptors (Lipinski definition) is 5. The van der Waals surface area contributed by atoms with Gasteiger partial charge in [0.25, 0.3) is 5.69 Å². The molecule has 0 radical (unpaired) electrons. The van der Waals surface area contributed by atoms with Crippen LogP contribution in [0.5, 0.6) is 0 Å². The minimum Gasteiger partial charge on any atom is -0.371 e. The SMILES string of the molecule is O=[N+]([O-])c1ccc(NC(c2ccccc2)c2nccs2)c(Cl)c1. The van der Waals surface area contributed by atoms with Gasteiger partial charge in [0.05, 0.1) is 15.6 Å². The topological polar surface area (TPSA) is 68.1 Å². The van der Waals surface area contributed by atoms with Crippen LogP contribution in [0.3, 0.4) is 0 Å². The molecule has 3 rings (SSSR count). The van der Waals surface area contributed by atoms with Gasteiger partial charge < -0.3 is 5.32 Å². The van der Waals surface area contributed by atoms with Gasteiger partial charge in [-0.05, 0) is 11.6 Å². The molecule has 0 aliphatic rings. The van der Waals surface area contributed by atoms with Crippen LogP contribution in [0, 0.1) is 10.1 Å². The molecule has 1 N–H and O–H groups in total. The van der Waals surface area contributed by atoms with Crippen molar-refractivity contribution in [3.63, 3.8) is 0 Å². The van der Waals surface area contributed by atoms with Crippen molar-refractivity contribution in [2.75, 3.05) is 5.32 Å². The third-order valence-corrected chi connectivity index (χ3v) is 4.45. The summed E-state index contributed by atoms with van der Waals surface area (Å²) in [7, 11) is 0. The van der Waals surface area contributed by atoms with E-state index in [0.717, 1.165) is 10.6 Å². The Hall–Kier alpha value is -2.44. The van der Waals surface area contributed by atoms with Gasteiger partial charge in [0, 0.05) is 23.7 Å². The molecule has 0 fully saturated rings. The highest BCUT2D eigenvalue weighted by Gasteiger charge is 2.18. The van der Waals surface area contributed by atoms with Crippen molar-refractivity contribution in [2.45, 2.75) is 6.04 Å². The van der Waals surface area contributed by atoms with E-state index in [0.29, 0.717) is 10.7 Å². The molecule has 1 heterocycles. The lowest BCUT2D eigenvalue weighted by atomic mass is 10.1. The summed E-state index contributed by atoms with van der Waals surface area (Å²) in [4.78, 5) is 14.7. The number of aromatic nitrogens is 1. The van der Waals surface area contributed by atoms with E-state index in [1.165, 1.54) is 23.5 Å². The molecule has 23 heavy (non-hydrogen) atoms. The zero-order valence-corrected chi connectivity index (χ0v) is 13.4. The summed E-state index contributed by atoms with van der Waals surface area (Å²) in [6.45, 7) is 0. The van der Waals surface area contributed by atoms with Crippen LogP contribution in [-0.2, 0) is 0 Å². The number of anilines is 1. The van der Waals surface area contributed by atoms with Crippen molar-refractivity contribution >= 4 is 34.3 Å². The third kappa shape index (κ3) is 3.49. The van der Waals surface area contributed by atoms with Crippen LogP contribution in [0.1, 0.15) is 16.6 Å². The second kappa shape index (κ2) is 6.76. The highest BCUT2D eigenvalue weighted by atomic mass is 35.5. The van der Waals surface area contributed by atoms with E-state index in [1.807, 2.05) is 35.7 Å². The number of non-ortho nitro benzene ring substituents is 1. The summed E-state index contributed by atoms with van der Waals surface area (Å²) in [5.41, 5.74) is 1.63. The van der Waals surface area contributed by atoms with E-state index >= 15 is 0 Å². The molecule has 0 saturated carbocycles. The maximum Gasteiger partial charge on any atom is 0.271 e. The zero-order chi connectivity index (χ0) is 16.2. The van der Waals surface area contributed by atoms with Crippen LogP contribution in [0.4, 0.5) is 11.4 Å². The highest BCUT2D eigenvalue weighted by Crippen LogP contribution is 2.33. The quantitative estimate of drug-likeness (QED) is 0.527. The summed E-state index contributed by atoms with van der Waals surface area (Å²) in [6, 6.07) is 14.1. The van der Waals surface area contributed by atoms with Crippen LogP contribution < -0.4 is 5.32 Å². The van der Waals surface area contributed by atoms with Crippen LogP contribution >= 0.6 is 22.9 Å². The predicted molar refractivity (Wildman–Crippen MR) is 92.1 cm³/mol. The van der Waals surface area contributed by atoms with Gasteiger partial charge in [0.2, 0.25) is 0 Å². The van der Waals surface area contributed by atoms with E-state index in [1.54, 1.807) is 12.3 Å². The summed E-state index contributed by atoms with van der Waals surface area (Å²) in [6.07, 6.45) is 1.75. The lowest BCUT2D eigenvalue weighted by Crippen LogP contribution is -2.12. The molecular formula is C16H12ClN3O2S. The number of halogens is 1. The van der Waals surface area contributed by atoms with E-state index in [4.69, 9.17) is 11.6 Å². The van der Waals surface area contributed by atoms with Crippen molar-refractivity contribution in [3.8, 4) is 0 Å². The Morgan fingerprint density at radius 2 is 2.00 bits per heavy atom. The largest absolute Gasteiger partial charge is 0.371 e. The van der Waals surface area contributed by atoms with Crippen molar-refractivity contribution in [3.05, 3.63) is 85.8 Å². The van der Waals surface area contributed by atoms with Crippen molar-refractivity contribution in [2.24, 2.45) is 0 Å². The van der Waals surface area contributed by atoms with E-state index < -0.39 is 4.92 Å². The minimum atomic E-state index is -0.467. The molecule has 0 aliphatic carbocycles. The number of nitro benzene ring substituents is 1. The molecule has 5 nitrogen and oxygen atoms in total. The van der Waals surface area contributed by atoms with Crippen LogP contribution in [0.15, 0.2) is 60.1 Å². The van der Waals surface area contributed by atoms with Crippen LogP contribution in [0.25, 0.3) is 0 Å². The normalized spacial score (nSPS) is 11.9. The third-order valence-electron chi connectivity index (χ3n) is 3.29. The number of thiazole rings is 1. The highest BCUT2D eigenvalue weighted by molar-refractivity contribution is 7.09. The van der Waals surface area contributed by atoms with Gasteiger partial charge in [-0.1, -0.05) is 41.9 Å². The molecule has 0 aliphatic heterocycles. The van der Waals surface area contributed by atoms with Gasteiger partial charge in [0.15, 0.2) is 0 Å². The summed E-state index contributed by atoms with van der Waals surface area (Å²) in [5.74, 6) is 0. The molecule has 1 atom stereocenters. The fourth-order valence-corrected chi connectivity index (χ4v) is 3.14. The van der Waals surface area contributed by atoms with Gasteiger partial charge in [0.1, 0.15) is 11.0 Å². The Morgan fingerprint density at radius 3 is 2.61 bits per heavy atom. The molecule has 0 amide bonds. The van der Waals surface area contributed by atoms with Crippen molar-refractivity contribution < 1.29 is 4.92 Å². The minimum absolute atomic E-state index is 0.0361. The smallest absolute Gasteiger partial charge is 0.271 e. The standard InChI is InChI=1S/C16H12ClN3O2S/c17-13-10-12(20(21)22)6-7-14(13)19-15(16-18-8-9-23-16)11-4-2-1-3-5-11/h1-10,15,19H. The Labute approximate surface area is 141 Å². The number of nitrogens with one attached hydrogen (secondary N) is 1. The molecule has 0 bridgehead atoms. The number of benzene rings is 2. The van der Waals surface area contributed by atoms with Crippen LogP contribution in [-0.4, -0.2) is 9.91 Å². The second-order valence-corrected chi connectivity index (χ2v) is 6.11. The maximum absolute atomic E-state index is 10.8. The van der Waals surface area contributed by atoms with Gasteiger partial charge in [-0.15, -0.1) is 11.3 Å². The molecule has 2 aromatic carbocycles. The molecule has 0 saturated heterocycles. The number of hydrogen-bond donors (Lipinski definition) is 1. The zero-order valence-electron chi connectivity index (χ0n) is 11.8. The molecule has 116 valence electrons. The van der Waals surface area contributed by atoms with Crippen molar-refractivity contribution in [1.29, 1.82) is 0 Å². The monoisotopic (exact) mass is 345 g/mol. The fraction of sp³-hybridized carbons (Fsp3) is 0.0625. The average molecular weight is 346 g/mol. The van der Waals surface area contributed by atoms with Gasteiger partial charge in [-0.2, -0.15) is 0 Å². The molecular weight excluding hydrogens is 334 g/mol. The average Bonchev–Trinajstić information content (AvgIpc) is 3.08. The van der Waals surface area contributed by atoms with E-state index in [9.17, 15) is 10.1 Å². The first-order chi connectivity index (χ1) is 11.1. The Balaban J connectivity index is 1.95. The summed E-state index contributed by atoms with van der Waals surface area (Å²) >= 11 is 7.72. The number of rotatable bonds is 5. The maximum atomic E-state index is 10.8. The predicted octanol–water partition coefficient (Wildman–Crippen LogP) is 4.91. The van der Waals surface area contributed by atoms with Gasteiger partial charge in [-0.3, -0.25) is 10.1 Å². The van der Waals surface area contributed by atoms with Gasteiger partial charge in [-0.25, -0.2) is 4.98 Å². The lowest BCUT2D eigenvalue weighted by Gasteiger charge is -2.19. The molecule has 3 aromatic rings. The van der Waals surface area contributed by atoms with E-state index in [-0.39, 0.29) is 11.7 Å². The Kier molecular flexibility index (Phi) is 4.55. The second-order valence-electron chi connectivity index (χ2n) is 4.78. The molecule has 7 heteroatoms. The molecule has 0 spiro atoms.